The molecule has 3 saturated heterocycles. The molecule has 8 nitrogen and oxygen atoms in total. The normalized spacial score (nSPS) is 21.8. The van der Waals surface area contributed by atoms with Crippen LogP contribution in [0.5, 0.6) is 6.01 Å². The highest BCUT2D eigenvalue weighted by atomic mass is 32.1. The van der Waals surface area contributed by atoms with Crippen LogP contribution in [0.4, 0.5) is 37.2 Å². The summed E-state index contributed by atoms with van der Waals surface area (Å²) in [7, 11) is 1.24. The summed E-state index contributed by atoms with van der Waals surface area (Å²) in [5.74, 6) is -2.15. The summed E-state index contributed by atoms with van der Waals surface area (Å²) in [6, 6.07) is 4.77. The lowest BCUT2D eigenvalue weighted by Gasteiger charge is -2.26. The molecule has 3 aliphatic rings. The van der Waals surface area contributed by atoms with Gasteiger partial charge in [0.15, 0.2) is 5.82 Å². The average Bonchev–Trinajstić information content (AvgIpc) is 3.66. The Morgan fingerprint density at radius 2 is 1.89 bits per heavy atom. The Hall–Kier alpha value is -3.87. The maximum Gasteiger partial charge on any atom is 0.417 e. The fourth-order valence-corrected chi connectivity index (χ4v) is 7.81. The molecule has 4 aromatic rings. The number of benzene rings is 2. The van der Waals surface area contributed by atoms with Crippen molar-refractivity contribution in [2.75, 3.05) is 43.9 Å². The van der Waals surface area contributed by atoms with Crippen molar-refractivity contribution in [3.8, 4) is 23.2 Å². The van der Waals surface area contributed by atoms with Gasteiger partial charge in [-0.15, -0.1) is 11.3 Å². The van der Waals surface area contributed by atoms with Crippen molar-refractivity contribution in [3.63, 3.8) is 0 Å². The van der Waals surface area contributed by atoms with Crippen molar-refractivity contribution in [2.24, 2.45) is 0 Å². The van der Waals surface area contributed by atoms with Crippen LogP contribution in [-0.4, -0.2) is 71.6 Å². The van der Waals surface area contributed by atoms with Crippen molar-refractivity contribution in [1.82, 2.24) is 14.9 Å². The van der Waals surface area contributed by atoms with E-state index in [0.29, 0.717) is 49.7 Å². The summed E-state index contributed by atoms with van der Waals surface area (Å²) in [6.07, 6.45) is -1.13. The van der Waals surface area contributed by atoms with E-state index in [0.717, 1.165) is 31.2 Å². The van der Waals surface area contributed by atoms with E-state index in [1.165, 1.54) is 20.0 Å². The predicted octanol–water partition coefficient (Wildman–Crippen LogP) is 6.81. The second-order valence-corrected chi connectivity index (χ2v) is 13.1. The Morgan fingerprint density at radius 3 is 2.60 bits per heavy atom. The van der Waals surface area contributed by atoms with Crippen LogP contribution in [0.15, 0.2) is 18.2 Å². The Labute approximate surface area is 270 Å². The lowest BCUT2D eigenvalue weighted by molar-refractivity contribution is -0.137. The first-order valence-electron chi connectivity index (χ1n) is 15.3. The zero-order chi connectivity index (χ0) is 33.6. The van der Waals surface area contributed by atoms with Crippen LogP contribution in [0.2, 0.25) is 0 Å². The number of ether oxygens (including phenoxy) is 1. The summed E-state index contributed by atoms with van der Waals surface area (Å²) in [6.45, 7) is 2.31. The van der Waals surface area contributed by atoms with Gasteiger partial charge >= 0.3 is 12.2 Å². The van der Waals surface area contributed by atoms with Gasteiger partial charge in [0.25, 0.3) is 0 Å². The van der Waals surface area contributed by atoms with Gasteiger partial charge in [0.05, 0.1) is 29.0 Å². The molecule has 250 valence electrons. The standard InChI is InChI=1S/C25H20F5N5O2S.C7H12FN/c1-37-24-33-20-13(23(34-24)35-7-3-2-4-11(36)10-35)8-15(25(28,29)30)18(19(20)27)12-5-6-16(26)21-17(12)14(9-31)22(32)38-21;8-6-4-7-2-1-3-9(7)5-6/h5-6,8,11,36H,2-4,7,10,32H2,1H3;6-7H,1-5H2. The molecule has 3 aliphatic heterocycles. The van der Waals surface area contributed by atoms with Crippen LogP contribution in [0.1, 0.15) is 49.7 Å². The number of rotatable bonds is 3. The molecular formula is C32H32F6N6O2S. The van der Waals surface area contributed by atoms with Gasteiger partial charge in [-0.25, -0.2) is 13.2 Å². The molecule has 3 atom stereocenters. The largest absolute Gasteiger partial charge is 0.467 e. The molecule has 3 unspecified atom stereocenters. The van der Waals surface area contributed by atoms with Crippen LogP contribution >= 0.6 is 11.3 Å². The molecule has 15 heteroatoms. The van der Waals surface area contributed by atoms with Gasteiger partial charge in [-0.3, -0.25) is 4.90 Å². The van der Waals surface area contributed by atoms with E-state index in [-0.39, 0.29) is 50.0 Å². The molecule has 3 fully saturated rings. The molecule has 47 heavy (non-hydrogen) atoms. The lowest BCUT2D eigenvalue weighted by Crippen LogP contribution is -2.32. The minimum atomic E-state index is -5.05. The summed E-state index contributed by atoms with van der Waals surface area (Å²) in [5, 5.41) is 19.4. The minimum Gasteiger partial charge on any atom is -0.467 e. The van der Waals surface area contributed by atoms with Gasteiger partial charge in [0.1, 0.15) is 34.4 Å². The van der Waals surface area contributed by atoms with Crippen molar-refractivity contribution in [3.05, 3.63) is 41.0 Å². The first-order valence-corrected chi connectivity index (χ1v) is 16.1. The van der Waals surface area contributed by atoms with Crippen LogP contribution in [-0.2, 0) is 6.18 Å². The van der Waals surface area contributed by atoms with Gasteiger partial charge in [-0.1, -0.05) is 6.07 Å². The molecule has 0 bridgehead atoms. The van der Waals surface area contributed by atoms with Crippen molar-refractivity contribution < 1.29 is 36.2 Å². The van der Waals surface area contributed by atoms with Crippen molar-refractivity contribution >= 4 is 43.1 Å². The molecule has 0 radical (unpaired) electrons. The van der Waals surface area contributed by atoms with Crippen LogP contribution in [0, 0.1) is 23.0 Å². The third-order valence-corrected chi connectivity index (χ3v) is 10.0. The first-order chi connectivity index (χ1) is 22.4. The number of alkyl halides is 4. The van der Waals surface area contributed by atoms with Crippen molar-refractivity contribution in [1.29, 1.82) is 5.26 Å². The maximum absolute atomic E-state index is 16.3. The minimum absolute atomic E-state index is 0.00880. The molecule has 0 spiro atoms. The monoisotopic (exact) mass is 678 g/mol. The second kappa shape index (κ2) is 13.0. The van der Waals surface area contributed by atoms with Gasteiger partial charge in [0.2, 0.25) is 0 Å². The highest BCUT2D eigenvalue weighted by Gasteiger charge is 2.39. The summed E-state index contributed by atoms with van der Waals surface area (Å²) in [5.41, 5.74) is 2.56. The smallest absolute Gasteiger partial charge is 0.417 e. The fourth-order valence-electron chi connectivity index (χ4n) is 6.86. The number of thiophene rings is 1. The van der Waals surface area contributed by atoms with E-state index < -0.39 is 46.7 Å². The summed E-state index contributed by atoms with van der Waals surface area (Å²) < 4.78 is 92.0. The third kappa shape index (κ3) is 6.26. The Bertz CT molecular complexity index is 1850. The number of hydrogen-bond donors (Lipinski definition) is 2. The number of aliphatic hydroxyl groups excluding tert-OH is 1. The summed E-state index contributed by atoms with van der Waals surface area (Å²) >= 11 is 0.692. The number of methoxy groups -OCH3 is 1. The van der Waals surface area contributed by atoms with Gasteiger partial charge in [-0.05, 0) is 62.8 Å². The number of nitrogens with two attached hydrogens (primary N) is 1. The number of nitrogen functional groups attached to an aromatic ring is 1. The van der Waals surface area contributed by atoms with E-state index in [1.807, 2.05) is 0 Å². The van der Waals surface area contributed by atoms with E-state index in [1.54, 1.807) is 11.0 Å². The van der Waals surface area contributed by atoms with Gasteiger partial charge < -0.3 is 20.5 Å². The number of halogens is 6. The predicted molar refractivity (Wildman–Crippen MR) is 167 cm³/mol. The molecule has 0 aliphatic carbocycles. The van der Waals surface area contributed by atoms with Crippen LogP contribution < -0.4 is 15.4 Å². The van der Waals surface area contributed by atoms with Crippen LogP contribution in [0.25, 0.3) is 32.1 Å². The molecule has 2 aromatic carbocycles. The zero-order valence-electron chi connectivity index (χ0n) is 25.4. The highest BCUT2D eigenvalue weighted by Crippen LogP contribution is 2.48. The van der Waals surface area contributed by atoms with E-state index >= 15 is 4.39 Å². The second-order valence-electron chi connectivity index (χ2n) is 12.0. The number of nitrogens with zero attached hydrogens (tertiary/aromatic N) is 5. The number of nitriles is 1. The molecule has 2 aromatic heterocycles. The number of hydrogen-bond acceptors (Lipinski definition) is 9. The van der Waals surface area contributed by atoms with Crippen LogP contribution in [0.3, 0.4) is 0 Å². The van der Waals surface area contributed by atoms with Gasteiger partial charge in [0, 0.05) is 42.0 Å². The van der Waals surface area contributed by atoms with E-state index in [2.05, 4.69) is 14.9 Å². The Morgan fingerprint density at radius 1 is 1.11 bits per heavy atom. The number of aromatic nitrogens is 2. The Kier molecular flexibility index (Phi) is 9.12. The molecule has 3 N–H and O–H groups in total. The zero-order valence-corrected chi connectivity index (χ0v) is 26.2. The molecule has 0 saturated carbocycles. The fraction of sp³-hybridized carbons (Fsp3) is 0.469. The topological polar surface area (TPSA) is 112 Å². The number of anilines is 2. The molecule has 0 amide bonds. The highest BCUT2D eigenvalue weighted by molar-refractivity contribution is 7.23. The number of β-amino-alcohol motifs (C(OH)–C–C–N with tert-alkyl or cyclic N) is 1. The van der Waals surface area contributed by atoms with Crippen molar-refractivity contribution in [2.45, 2.75) is 63.0 Å². The molecular weight excluding hydrogens is 646 g/mol. The van der Waals surface area contributed by atoms with Gasteiger partial charge in [-0.2, -0.15) is 28.4 Å². The SMILES string of the molecule is COc1nc(N2CCCCC(O)C2)c2cc(C(F)(F)F)c(-c3ccc(F)c4sc(N)c(C#N)c34)c(F)c2n1.FC1CC2CCCN2C1. The number of fused-ring (bicyclic) bond motifs is 3. The van der Waals surface area contributed by atoms with E-state index in [9.17, 15) is 32.3 Å². The quantitative estimate of drug-likeness (QED) is 0.227. The molecule has 5 heterocycles. The first kappa shape index (κ1) is 33.0. The molecule has 7 rings (SSSR count). The number of aliphatic hydroxyl groups is 1. The maximum atomic E-state index is 16.3. The lowest BCUT2D eigenvalue weighted by atomic mass is 9.92. The van der Waals surface area contributed by atoms with E-state index in [4.69, 9.17) is 10.5 Å². The average molecular weight is 679 g/mol. The third-order valence-electron chi connectivity index (χ3n) is 8.98. The summed E-state index contributed by atoms with van der Waals surface area (Å²) in [4.78, 5) is 12.1. The Balaban J connectivity index is 0.000000366.